The molecule has 120 valence electrons. The highest BCUT2D eigenvalue weighted by molar-refractivity contribution is 5.85. The number of hydrogen-bond acceptors (Lipinski definition) is 3. The largest absolute Gasteiger partial charge is 0.493 e. The van der Waals surface area contributed by atoms with E-state index >= 15 is 0 Å². The molecule has 22 heavy (non-hydrogen) atoms. The fourth-order valence-electron chi connectivity index (χ4n) is 2.13. The van der Waals surface area contributed by atoms with Crippen LogP contribution in [0.15, 0.2) is 42.5 Å². The molecule has 2 rings (SSSR count). The monoisotopic (exact) mass is 325 g/mol. The van der Waals surface area contributed by atoms with E-state index in [2.05, 4.69) is 5.32 Å². The van der Waals surface area contributed by atoms with Crippen LogP contribution in [0, 0.1) is 5.82 Å². The summed E-state index contributed by atoms with van der Waals surface area (Å²) < 4.78 is 23.9. The molecule has 0 aliphatic carbocycles. The van der Waals surface area contributed by atoms with Gasteiger partial charge in [-0.3, -0.25) is 0 Å². The SMILES string of the molecule is COc1ccc(CCNCc2ccccc2F)cc1OC.Cl. The smallest absolute Gasteiger partial charge is 0.160 e. The third-order valence-electron chi connectivity index (χ3n) is 3.31. The third-order valence-corrected chi connectivity index (χ3v) is 3.31. The van der Waals surface area contributed by atoms with Crippen LogP contribution in [-0.4, -0.2) is 20.8 Å². The first-order valence-corrected chi connectivity index (χ1v) is 6.89. The van der Waals surface area contributed by atoms with Gasteiger partial charge in [0, 0.05) is 12.1 Å². The van der Waals surface area contributed by atoms with E-state index in [4.69, 9.17) is 9.47 Å². The van der Waals surface area contributed by atoms with Crippen LogP contribution in [-0.2, 0) is 13.0 Å². The quantitative estimate of drug-likeness (QED) is 0.789. The highest BCUT2D eigenvalue weighted by Gasteiger charge is 2.04. The Labute approximate surface area is 136 Å². The number of benzene rings is 2. The summed E-state index contributed by atoms with van der Waals surface area (Å²) in [5, 5.41) is 3.25. The lowest BCUT2D eigenvalue weighted by molar-refractivity contribution is 0.354. The van der Waals surface area contributed by atoms with E-state index in [1.165, 1.54) is 6.07 Å². The maximum atomic E-state index is 13.5. The van der Waals surface area contributed by atoms with Gasteiger partial charge in [-0.2, -0.15) is 0 Å². The van der Waals surface area contributed by atoms with E-state index in [-0.39, 0.29) is 18.2 Å². The van der Waals surface area contributed by atoms with Gasteiger partial charge in [-0.1, -0.05) is 24.3 Å². The first-order chi connectivity index (χ1) is 10.2. The minimum atomic E-state index is -0.170. The van der Waals surface area contributed by atoms with E-state index in [0.717, 1.165) is 30.0 Å². The number of nitrogens with one attached hydrogen (secondary N) is 1. The predicted octanol–water partition coefficient (Wildman–Crippen LogP) is 3.60. The van der Waals surface area contributed by atoms with Crippen LogP contribution < -0.4 is 14.8 Å². The average molecular weight is 326 g/mol. The molecule has 0 saturated heterocycles. The first-order valence-electron chi connectivity index (χ1n) is 6.89. The van der Waals surface area contributed by atoms with Gasteiger partial charge >= 0.3 is 0 Å². The van der Waals surface area contributed by atoms with Crippen LogP contribution in [0.1, 0.15) is 11.1 Å². The van der Waals surface area contributed by atoms with Gasteiger partial charge in [0.2, 0.25) is 0 Å². The Bertz CT molecular complexity index is 593. The Hall–Kier alpha value is -1.78. The zero-order valence-corrected chi connectivity index (χ0v) is 13.6. The normalized spacial score (nSPS) is 9.95. The predicted molar refractivity (Wildman–Crippen MR) is 88.6 cm³/mol. The van der Waals surface area contributed by atoms with Crippen molar-refractivity contribution in [3.63, 3.8) is 0 Å². The number of methoxy groups -OCH3 is 2. The lowest BCUT2D eigenvalue weighted by atomic mass is 10.1. The van der Waals surface area contributed by atoms with E-state index in [0.29, 0.717) is 12.1 Å². The van der Waals surface area contributed by atoms with Gasteiger partial charge in [0.1, 0.15) is 5.82 Å². The Balaban J connectivity index is 0.00000242. The summed E-state index contributed by atoms with van der Waals surface area (Å²) in [5.41, 5.74) is 1.83. The minimum absolute atomic E-state index is 0. The van der Waals surface area contributed by atoms with Crippen molar-refractivity contribution in [3.05, 3.63) is 59.4 Å². The molecule has 0 radical (unpaired) electrons. The first kappa shape index (κ1) is 18.3. The van der Waals surface area contributed by atoms with Crippen LogP contribution in [0.25, 0.3) is 0 Å². The second-order valence-electron chi connectivity index (χ2n) is 4.71. The van der Waals surface area contributed by atoms with Crippen LogP contribution in [0.5, 0.6) is 11.5 Å². The maximum Gasteiger partial charge on any atom is 0.160 e. The van der Waals surface area contributed by atoms with Crippen molar-refractivity contribution in [2.45, 2.75) is 13.0 Å². The van der Waals surface area contributed by atoms with Crippen molar-refractivity contribution in [1.29, 1.82) is 0 Å². The van der Waals surface area contributed by atoms with Gasteiger partial charge in [0.05, 0.1) is 14.2 Å². The van der Waals surface area contributed by atoms with Crippen LogP contribution in [0.4, 0.5) is 4.39 Å². The van der Waals surface area contributed by atoms with Crippen LogP contribution in [0.3, 0.4) is 0 Å². The molecule has 3 nitrogen and oxygen atoms in total. The van der Waals surface area contributed by atoms with E-state index < -0.39 is 0 Å². The molecule has 0 aliphatic heterocycles. The highest BCUT2D eigenvalue weighted by Crippen LogP contribution is 2.27. The molecule has 0 aliphatic rings. The summed E-state index contributed by atoms with van der Waals surface area (Å²) in [6.45, 7) is 1.30. The van der Waals surface area contributed by atoms with E-state index in [1.54, 1.807) is 26.4 Å². The summed E-state index contributed by atoms with van der Waals surface area (Å²) in [6.07, 6.45) is 0.842. The van der Waals surface area contributed by atoms with Crippen LogP contribution in [0.2, 0.25) is 0 Å². The Morgan fingerprint density at radius 3 is 2.41 bits per heavy atom. The fourth-order valence-corrected chi connectivity index (χ4v) is 2.13. The van der Waals surface area contributed by atoms with Gasteiger partial charge in [-0.05, 0) is 36.7 Å². The molecule has 5 heteroatoms. The molecule has 0 spiro atoms. The molecule has 0 atom stereocenters. The zero-order valence-electron chi connectivity index (χ0n) is 12.8. The number of hydrogen-bond donors (Lipinski definition) is 1. The Morgan fingerprint density at radius 2 is 1.73 bits per heavy atom. The molecule has 1 N–H and O–H groups in total. The van der Waals surface area contributed by atoms with Crippen molar-refractivity contribution in [3.8, 4) is 11.5 Å². The van der Waals surface area contributed by atoms with Gasteiger partial charge in [-0.15, -0.1) is 12.4 Å². The van der Waals surface area contributed by atoms with Crippen molar-refractivity contribution in [2.75, 3.05) is 20.8 Å². The number of rotatable bonds is 7. The van der Waals surface area contributed by atoms with Crippen LogP contribution >= 0.6 is 12.4 Å². The van der Waals surface area contributed by atoms with Crippen molar-refractivity contribution in [1.82, 2.24) is 5.32 Å². The summed E-state index contributed by atoms with van der Waals surface area (Å²) >= 11 is 0. The molecule has 2 aromatic carbocycles. The molecule has 2 aromatic rings. The summed E-state index contributed by atoms with van der Waals surface area (Å²) in [5.74, 6) is 1.28. The molecule has 0 fully saturated rings. The topological polar surface area (TPSA) is 30.5 Å². The van der Waals surface area contributed by atoms with Crippen molar-refractivity contribution < 1.29 is 13.9 Å². The molecule has 0 amide bonds. The lowest BCUT2D eigenvalue weighted by Gasteiger charge is -2.10. The maximum absolute atomic E-state index is 13.5. The third kappa shape index (κ3) is 4.90. The second kappa shape index (κ2) is 9.28. The molecular formula is C17H21ClFNO2. The van der Waals surface area contributed by atoms with Gasteiger partial charge in [0.15, 0.2) is 11.5 Å². The highest BCUT2D eigenvalue weighted by atomic mass is 35.5. The standard InChI is InChI=1S/C17H20FNO2.ClH/c1-20-16-8-7-13(11-17(16)21-2)9-10-19-12-14-5-3-4-6-15(14)18;/h3-8,11,19H,9-10,12H2,1-2H3;1H. The molecule has 0 bridgehead atoms. The molecular weight excluding hydrogens is 305 g/mol. The average Bonchev–Trinajstić information content (AvgIpc) is 2.52. The fraction of sp³-hybridized carbons (Fsp3) is 0.294. The molecule has 0 unspecified atom stereocenters. The van der Waals surface area contributed by atoms with E-state index in [1.807, 2.05) is 24.3 Å². The Kier molecular flexibility index (Phi) is 7.71. The van der Waals surface area contributed by atoms with Crippen molar-refractivity contribution in [2.24, 2.45) is 0 Å². The van der Waals surface area contributed by atoms with Crippen molar-refractivity contribution >= 4 is 12.4 Å². The molecule has 0 saturated carbocycles. The van der Waals surface area contributed by atoms with E-state index in [9.17, 15) is 4.39 Å². The second-order valence-corrected chi connectivity index (χ2v) is 4.71. The Morgan fingerprint density at radius 1 is 1.00 bits per heavy atom. The summed E-state index contributed by atoms with van der Waals surface area (Å²) in [7, 11) is 3.24. The zero-order chi connectivity index (χ0) is 15.1. The lowest BCUT2D eigenvalue weighted by Crippen LogP contribution is -2.17. The minimum Gasteiger partial charge on any atom is -0.493 e. The van der Waals surface area contributed by atoms with Gasteiger partial charge in [-0.25, -0.2) is 4.39 Å². The molecule has 0 heterocycles. The molecule has 0 aromatic heterocycles. The number of halogens is 2. The van der Waals surface area contributed by atoms with Gasteiger partial charge in [0.25, 0.3) is 0 Å². The summed E-state index contributed by atoms with van der Waals surface area (Å²) in [6, 6.07) is 12.7. The number of ether oxygens (including phenoxy) is 2. The van der Waals surface area contributed by atoms with Gasteiger partial charge < -0.3 is 14.8 Å². The summed E-state index contributed by atoms with van der Waals surface area (Å²) in [4.78, 5) is 0.